The SMILES string of the molecule is COC(=O)[C@@H]1O[C@H](O[Si](C)(C)C(C)(C)C(C)C)[C@H](OC(=O)CCC(C)=O)[C@@H](OCc2ccccc2)[C@@H]1OC(=O)CCC(C)=O. The smallest absolute Gasteiger partial charge is 0.339 e. The van der Waals surface area contributed by atoms with Crippen molar-refractivity contribution in [3.05, 3.63) is 35.9 Å². The summed E-state index contributed by atoms with van der Waals surface area (Å²) in [4.78, 5) is 62.3. The van der Waals surface area contributed by atoms with E-state index >= 15 is 0 Å². The molecule has 0 N–H and O–H groups in total. The number of benzene rings is 1. The van der Waals surface area contributed by atoms with Gasteiger partial charge in [-0.25, -0.2) is 4.79 Å². The van der Waals surface area contributed by atoms with E-state index in [1.54, 1.807) is 0 Å². The van der Waals surface area contributed by atoms with E-state index in [-0.39, 0.29) is 54.8 Å². The Bertz CT molecular complexity index is 1150. The number of hydrogen-bond acceptors (Lipinski definition) is 11. The number of carbonyl (C=O) groups excluding carboxylic acids is 5. The van der Waals surface area contributed by atoms with E-state index in [0.29, 0.717) is 0 Å². The zero-order valence-corrected chi connectivity index (χ0v) is 28.4. The molecule has 0 saturated carbocycles. The molecular weight excluding hydrogens is 588 g/mol. The molecule has 246 valence electrons. The molecule has 1 heterocycles. The Morgan fingerprint density at radius 1 is 0.841 bits per heavy atom. The fourth-order valence-corrected chi connectivity index (χ4v) is 7.00. The van der Waals surface area contributed by atoms with E-state index < -0.39 is 56.9 Å². The second kappa shape index (κ2) is 16.4. The van der Waals surface area contributed by atoms with E-state index in [2.05, 4.69) is 27.7 Å². The third kappa shape index (κ3) is 10.3. The number of esters is 3. The number of ketones is 2. The first-order chi connectivity index (χ1) is 20.5. The van der Waals surface area contributed by atoms with Crippen molar-refractivity contribution in [1.82, 2.24) is 0 Å². The normalized spacial score (nSPS) is 22.3. The molecule has 1 saturated heterocycles. The first kappa shape index (κ1) is 37.3. The molecule has 0 unspecified atom stereocenters. The minimum atomic E-state index is -2.70. The highest BCUT2D eigenvalue weighted by molar-refractivity contribution is 6.74. The lowest BCUT2D eigenvalue weighted by atomic mass is 9.97. The molecule has 1 aromatic rings. The molecule has 12 heteroatoms. The number of Topliss-reactive ketones (excluding diaryl/α,β-unsaturated/α-hetero) is 2. The molecule has 2 rings (SSSR count). The molecule has 1 aromatic carbocycles. The minimum absolute atomic E-state index is 0.00736. The number of methoxy groups -OCH3 is 1. The van der Waals surface area contributed by atoms with Crippen molar-refractivity contribution in [1.29, 1.82) is 0 Å². The number of ether oxygens (including phenoxy) is 5. The summed E-state index contributed by atoms with van der Waals surface area (Å²) in [6.45, 7) is 15.1. The van der Waals surface area contributed by atoms with Crippen LogP contribution in [0.5, 0.6) is 0 Å². The predicted molar refractivity (Wildman–Crippen MR) is 163 cm³/mol. The van der Waals surface area contributed by atoms with Crippen molar-refractivity contribution < 1.29 is 52.1 Å². The average molecular weight is 637 g/mol. The van der Waals surface area contributed by atoms with Gasteiger partial charge in [-0.3, -0.25) is 9.59 Å². The lowest BCUT2D eigenvalue weighted by Crippen LogP contribution is -2.65. The van der Waals surface area contributed by atoms with Gasteiger partial charge in [-0.2, -0.15) is 0 Å². The summed E-state index contributed by atoms with van der Waals surface area (Å²) in [5, 5.41) is -0.295. The van der Waals surface area contributed by atoms with Crippen LogP contribution in [0.2, 0.25) is 18.1 Å². The molecule has 0 radical (unpaired) electrons. The summed E-state index contributed by atoms with van der Waals surface area (Å²) >= 11 is 0. The van der Waals surface area contributed by atoms with Crippen molar-refractivity contribution in [3.63, 3.8) is 0 Å². The Kier molecular flexibility index (Phi) is 13.9. The van der Waals surface area contributed by atoms with Crippen LogP contribution in [0.25, 0.3) is 0 Å². The number of hydrogen-bond donors (Lipinski definition) is 0. The van der Waals surface area contributed by atoms with Crippen LogP contribution in [0, 0.1) is 5.92 Å². The first-order valence-electron chi connectivity index (χ1n) is 14.9. The van der Waals surface area contributed by atoms with E-state index in [0.717, 1.165) is 5.56 Å². The Hall–Kier alpha value is -2.93. The first-order valence-corrected chi connectivity index (χ1v) is 17.9. The van der Waals surface area contributed by atoms with E-state index in [4.69, 9.17) is 28.1 Å². The van der Waals surface area contributed by atoms with Gasteiger partial charge in [-0.05, 0) is 43.5 Å². The Morgan fingerprint density at radius 3 is 1.84 bits per heavy atom. The maximum absolute atomic E-state index is 13.1. The molecule has 1 fully saturated rings. The second-order valence-corrected chi connectivity index (χ2v) is 17.1. The zero-order chi connectivity index (χ0) is 33.2. The molecular formula is C32H48O11Si. The van der Waals surface area contributed by atoms with Gasteiger partial charge in [0.25, 0.3) is 0 Å². The summed E-state index contributed by atoms with van der Waals surface area (Å²) in [6, 6.07) is 9.15. The molecule has 44 heavy (non-hydrogen) atoms. The fourth-order valence-electron chi connectivity index (χ4n) is 4.54. The van der Waals surface area contributed by atoms with E-state index in [1.807, 2.05) is 43.4 Å². The molecule has 0 aromatic heterocycles. The Balaban J connectivity index is 2.63. The maximum Gasteiger partial charge on any atom is 0.339 e. The molecule has 5 atom stereocenters. The molecule has 1 aliphatic rings. The summed E-state index contributed by atoms with van der Waals surface area (Å²) in [5.41, 5.74) is 0.769. The monoisotopic (exact) mass is 636 g/mol. The topological polar surface area (TPSA) is 141 Å². The van der Waals surface area contributed by atoms with E-state index in [1.165, 1.54) is 21.0 Å². The van der Waals surface area contributed by atoms with Gasteiger partial charge in [0.15, 0.2) is 32.9 Å². The van der Waals surface area contributed by atoms with Crippen LogP contribution in [0.3, 0.4) is 0 Å². The van der Waals surface area contributed by atoms with Gasteiger partial charge in [0.2, 0.25) is 0 Å². The van der Waals surface area contributed by atoms with Crippen molar-refractivity contribution >= 4 is 37.8 Å². The van der Waals surface area contributed by atoms with Crippen LogP contribution in [0.15, 0.2) is 30.3 Å². The van der Waals surface area contributed by atoms with Gasteiger partial charge < -0.3 is 37.7 Å². The second-order valence-electron chi connectivity index (χ2n) is 12.5. The zero-order valence-electron chi connectivity index (χ0n) is 27.4. The highest BCUT2D eigenvalue weighted by atomic mass is 28.4. The standard InChI is InChI=1S/C32H48O11Si/c1-20(2)32(5,6)44(8,9)43-31-29(41-25(36)18-16-22(4)34)26(39-19-23-13-11-10-12-14-23)27(28(42-31)30(37)38-7)40-24(35)17-15-21(3)33/h10-14,20,26-29,31H,15-19H2,1-9H3/t26-,27-,28+,29+,31+/m0/s1. The van der Waals surface area contributed by atoms with Crippen LogP contribution in [0.4, 0.5) is 0 Å². The molecule has 0 bridgehead atoms. The van der Waals surface area contributed by atoms with Gasteiger partial charge >= 0.3 is 17.9 Å². The third-order valence-corrected chi connectivity index (χ3v) is 13.0. The van der Waals surface area contributed by atoms with E-state index in [9.17, 15) is 24.0 Å². The molecule has 11 nitrogen and oxygen atoms in total. The molecule has 0 amide bonds. The number of carbonyl (C=O) groups is 5. The lowest BCUT2D eigenvalue weighted by molar-refractivity contribution is -0.291. The minimum Gasteiger partial charge on any atom is -0.467 e. The van der Waals surface area contributed by atoms with Crippen LogP contribution in [-0.4, -0.2) is 75.6 Å². The Labute approximate surface area is 261 Å². The summed E-state index contributed by atoms with van der Waals surface area (Å²) in [5.74, 6) is -2.53. The molecule has 1 aliphatic heterocycles. The summed E-state index contributed by atoms with van der Waals surface area (Å²) in [7, 11) is -1.53. The van der Waals surface area contributed by atoms with Crippen molar-refractivity contribution in [2.75, 3.05) is 7.11 Å². The molecule has 0 spiro atoms. The van der Waals surface area contributed by atoms with Crippen LogP contribution in [-0.2, 0) is 58.7 Å². The predicted octanol–water partition coefficient (Wildman–Crippen LogP) is 4.69. The van der Waals surface area contributed by atoms with Crippen LogP contribution >= 0.6 is 0 Å². The number of rotatable bonds is 16. The Morgan fingerprint density at radius 2 is 1.36 bits per heavy atom. The van der Waals surface area contributed by atoms with Gasteiger partial charge in [-0.15, -0.1) is 0 Å². The van der Waals surface area contributed by atoms with Gasteiger partial charge in [0, 0.05) is 12.8 Å². The van der Waals surface area contributed by atoms with Crippen molar-refractivity contribution in [2.45, 2.75) is 123 Å². The largest absolute Gasteiger partial charge is 0.467 e. The fraction of sp³-hybridized carbons (Fsp3) is 0.656. The quantitative estimate of drug-likeness (QED) is 0.142. The summed E-state index contributed by atoms with van der Waals surface area (Å²) in [6.07, 6.45) is -7.29. The highest BCUT2D eigenvalue weighted by Gasteiger charge is 2.57. The van der Waals surface area contributed by atoms with Gasteiger partial charge in [0.05, 0.1) is 26.6 Å². The molecule has 0 aliphatic carbocycles. The van der Waals surface area contributed by atoms with Crippen molar-refractivity contribution in [2.24, 2.45) is 5.92 Å². The average Bonchev–Trinajstić information content (AvgIpc) is 2.95. The lowest BCUT2D eigenvalue weighted by Gasteiger charge is -2.49. The maximum atomic E-state index is 13.1. The third-order valence-electron chi connectivity index (χ3n) is 8.52. The summed E-state index contributed by atoms with van der Waals surface area (Å²) < 4.78 is 35.8. The van der Waals surface area contributed by atoms with Crippen LogP contribution in [0.1, 0.15) is 72.8 Å². The van der Waals surface area contributed by atoms with Crippen LogP contribution < -0.4 is 0 Å². The highest BCUT2D eigenvalue weighted by Crippen LogP contribution is 2.46. The van der Waals surface area contributed by atoms with Crippen molar-refractivity contribution in [3.8, 4) is 0 Å². The van der Waals surface area contributed by atoms with Gasteiger partial charge in [-0.1, -0.05) is 58.0 Å². The van der Waals surface area contributed by atoms with Gasteiger partial charge in [0.1, 0.15) is 17.7 Å².